The topological polar surface area (TPSA) is 109 Å². The van der Waals surface area contributed by atoms with Gasteiger partial charge in [-0.1, -0.05) is 17.4 Å². The molecule has 0 spiro atoms. The first-order valence-corrected chi connectivity index (χ1v) is 10.9. The average molecular weight is 507 g/mol. The maximum atomic E-state index is 14.1. The van der Waals surface area contributed by atoms with Gasteiger partial charge < -0.3 is 15.2 Å². The minimum Gasteiger partial charge on any atom is -0.492 e. The molecule has 0 saturated heterocycles. The summed E-state index contributed by atoms with van der Waals surface area (Å²) in [5.74, 6) is -0.440. The lowest BCUT2D eigenvalue weighted by molar-refractivity contribution is -0.250. The number of alkyl halides is 3. The summed E-state index contributed by atoms with van der Waals surface area (Å²) in [7, 11) is 0. The minimum absolute atomic E-state index is 0.0256. The summed E-state index contributed by atoms with van der Waals surface area (Å²) in [4.78, 5) is 16.4. The zero-order valence-corrected chi connectivity index (χ0v) is 18.7. The lowest BCUT2D eigenvalue weighted by Crippen LogP contribution is -2.44. The van der Waals surface area contributed by atoms with E-state index in [4.69, 9.17) is 4.74 Å². The van der Waals surface area contributed by atoms with Crippen molar-refractivity contribution in [3.8, 4) is 5.75 Å². The number of rotatable bonds is 6. The number of carbonyl (C=O) groups excluding carboxylic acids is 1. The molecule has 0 fully saturated rings. The van der Waals surface area contributed by atoms with Crippen LogP contribution in [0.5, 0.6) is 5.75 Å². The highest BCUT2D eigenvalue weighted by atomic mass is 32.1. The largest absolute Gasteiger partial charge is 0.492 e. The molecule has 4 rings (SSSR count). The second-order valence-electron chi connectivity index (χ2n) is 7.21. The first kappa shape index (κ1) is 24.3. The first-order chi connectivity index (χ1) is 16.6. The van der Waals surface area contributed by atoms with Crippen molar-refractivity contribution in [3.63, 3.8) is 0 Å². The maximum Gasteiger partial charge on any atom is 0.427 e. The zero-order valence-electron chi connectivity index (χ0n) is 17.9. The van der Waals surface area contributed by atoms with Gasteiger partial charge in [0, 0.05) is 17.3 Å². The number of halogens is 4. The molecule has 35 heavy (non-hydrogen) atoms. The van der Waals surface area contributed by atoms with Gasteiger partial charge >= 0.3 is 12.2 Å². The third-order valence-electron chi connectivity index (χ3n) is 4.85. The van der Waals surface area contributed by atoms with Crippen LogP contribution in [0.1, 0.15) is 18.2 Å². The van der Waals surface area contributed by atoms with Crippen molar-refractivity contribution in [1.29, 1.82) is 0 Å². The fourth-order valence-electron chi connectivity index (χ4n) is 3.22. The van der Waals surface area contributed by atoms with E-state index in [1.165, 1.54) is 30.3 Å². The fourth-order valence-corrected chi connectivity index (χ4v) is 4.12. The number of aromatic nitrogens is 3. The molecule has 3 N–H and O–H groups in total. The lowest BCUT2D eigenvalue weighted by atomic mass is 9.89. The molecule has 0 aliphatic carbocycles. The Bertz CT molecular complexity index is 1360. The molecule has 0 bridgehead atoms. The second kappa shape index (κ2) is 9.43. The number of aliphatic hydroxyl groups is 1. The van der Waals surface area contributed by atoms with E-state index in [1.54, 1.807) is 6.92 Å². The number of hydrogen-bond acceptors (Lipinski definition) is 7. The zero-order chi connectivity index (χ0) is 25.2. The van der Waals surface area contributed by atoms with E-state index in [9.17, 15) is 27.5 Å². The predicted molar refractivity (Wildman–Crippen MR) is 121 cm³/mol. The van der Waals surface area contributed by atoms with Gasteiger partial charge in [0.25, 0.3) is 0 Å². The molecule has 4 aromatic rings. The molecule has 0 aliphatic rings. The number of amides is 2. The van der Waals surface area contributed by atoms with Gasteiger partial charge in [-0.05, 0) is 43.3 Å². The number of benzene rings is 2. The van der Waals surface area contributed by atoms with Crippen molar-refractivity contribution < 1.29 is 32.2 Å². The van der Waals surface area contributed by atoms with Gasteiger partial charge in [-0.2, -0.15) is 23.4 Å². The number of ether oxygens (including phenoxy) is 1. The fraction of sp³-hybridized carbons (Fsp3) is 0.182. The first-order valence-electron chi connectivity index (χ1n) is 10.1. The smallest absolute Gasteiger partial charge is 0.427 e. The van der Waals surface area contributed by atoms with Crippen LogP contribution in [0.25, 0.3) is 10.2 Å². The van der Waals surface area contributed by atoms with E-state index in [0.29, 0.717) is 11.2 Å². The van der Waals surface area contributed by atoms with Crippen LogP contribution in [-0.4, -0.2) is 39.1 Å². The molecule has 2 aromatic carbocycles. The highest BCUT2D eigenvalue weighted by Crippen LogP contribution is 2.45. The van der Waals surface area contributed by atoms with E-state index in [1.807, 2.05) is 0 Å². The van der Waals surface area contributed by atoms with E-state index in [2.05, 4.69) is 25.8 Å². The number of urea groups is 1. The van der Waals surface area contributed by atoms with Crippen molar-refractivity contribution in [1.82, 2.24) is 15.2 Å². The molecule has 2 amide bonds. The molecule has 2 heterocycles. The Morgan fingerprint density at radius 2 is 1.86 bits per heavy atom. The van der Waals surface area contributed by atoms with Crippen molar-refractivity contribution in [2.45, 2.75) is 18.7 Å². The Hall–Kier alpha value is -3.84. The van der Waals surface area contributed by atoms with E-state index >= 15 is 0 Å². The Kier molecular flexibility index (Phi) is 6.54. The average Bonchev–Trinajstić information content (AvgIpc) is 3.21. The van der Waals surface area contributed by atoms with Crippen molar-refractivity contribution in [3.05, 3.63) is 71.8 Å². The number of hydrogen-bond donors (Lipinski definition) is 3. The van der Waals surface area contributed by atoms with Crippen LogP contribution in [0.15, 0.2) is 54.7 Å². The molecule has 13 heteroatoms. The highest BCUT2D eigenvalue weighted by molar-refractivity contribution is 7.22. The monoisotopic (exact) mass is 507 g/mol. The third-order valence-corrected chi connectivity index (χ3v) is 5.78. The third kappa shape index (κ3) is 5.00. The van der Waals surface area contributed by atoms with Crippen molar-refractivity contribution in [2.24, 2.45) is 0 Å². The molecule has 0 aliphatic heterocycles. The van der Waals surface area contributed by atoms with E-state index in [-0.39, 0.29) is 22.2 Å². The summed E-state index contributed by atoms with van der Waals surface area (Å²) in [6, 6.07) is 8.86. The number of thiazole rings is 1. The Morgan fingerprint density at radius 1 is 1.11 bits per heavy atom. The van der Waals surface area contributed by atoms with Gasteiger partial charge in [-0.3, -0.25) is 5.32 Å². The van der Waals surface area contributed by atoms with Crippen molar-refractivity contribution in [2.75, 3.05) is 17.2 Å². The standard InChI is InChI=1S/C22H17F4N5O3S/c1-2-34-15-10-18(31-27-11-15)21(33,22(24,25)26)12-3-8-16-17(9-12)35-20(29-16)30-19(32)28-14-6-4-13(23)5-7-14/h3-11,33H,2H2,1H3,(H2,28,29,30,32). The normalized spacial score (nSPS) is 13.3. The lowest BCUT2D eigenvalue weighted by Gasteiger charge is -2.30. The second-order valence-corrected chi connectivity index (χ2v) is 8.24. The quantitative estimate of drug-likeness (QED) is 0.315. The Morgan fingerprint density at radius 3 is 2.54 bits per heavy atom. The SMILES string of the molecule is CCOc1cnnc(C(O)(c2ccc3nc(NC(=O)Nc4ccc(F)cc4)sc3c2)C(F)(F)F)c1. The van der Waals surface area contributed by atoms with Gasteiger partial charge in [0.05, 0.1) is 23.0 Å². The molecule has 2 aromatic heterocycles. The number of nitrogens with zero attached hydrogens (tertiary/aromatic N) is 3. The Labute approximate surface area is 199 Å². The Balaban J connectivity index is 1.64. The van der Waals surface area contributed by atoms with Crippen LogP contribution < -0.4 is 15.4 Å². The number of fused-ring (bicyclic) bond motifs is 1. The number of anilines is 2. The molecule has 0 saturated carbocycles. The molecular weight excluding hydrogens is 490 g/mol. The highest BCUT2D eigenvalue weighted by Gasteiger charge is 2.58. The van der Waals surface area contributed by atoms with Gasteiger partial charge in [0.1, 0.15) is 17.3 Å². The summed E-state index contributed by atoms with van der Waals surface area (Å²) < 4.78 is 60.9. The summed E-state index contributed by atoms with van der Waals surface area (Å²) in [6.45, 7) is 1.84. The van der Waals surface area contributed by atoms with Crippen LogP contribution in [0.3, 0.4) is 0 Å². The predicted octanol–water partition coefficient (Wildman–Crippen LogP) is 5.07. The number of carbonyl (C=O) groups is 1. The van der Waals surface area contributed by atoms with Crippen molar-refractivity contribution >= 4 is 38.4 Å². The summed E-state index contributed by atoms with van der Waals surface area (Å²) in [6.07, 6.45) is -3.99. The molecule has 1 atom stereocenters. The van der Waals surface area contributed by atoms with Gasteiger partial charge in [0.2, 0.25) is 5.60 Å². The summed E-state index contributed by atoms with van der Waals surface area (Å²) in [5, 5.41) is 23.0. The van der Waals surface area contributed by atoms with Crippen LogP contribution in [0.4, 0.5) is 33.2 Å². The van der Waals surface area contributed by atoms with Crippen LogP contribution in [0, 0.1) is 5.82 Å². The van der Waals surface area contributed by atoms with Crippen LogP contribution >= 0.6 is 11.3 Å². The molecule has 0 radical (unpaired) electrons. The summed E-state index contributed by atoms with van der Waals surface area (Å²) in [5.41, 5.74) is -4.10. The van der Waals surface area contributed by atoms with Gasteiger partial charge in [-0.15, -0.1) is 0 Å². The van der Waals surface area contributed by atoms with E-state index in [0.717, 1.165) is 35.7 Å². The summed E-state index contributed by atoms with van der Waals surface area (Å²) >= 11 is 0.904. The molecule has 1 unspecified atom stereocenters. The van der Waals surface area contributed by atoms with Gasteiger partial charge in [-0.25, -0.2) is 14.2 Å². The van der Waals surface area contributed by atoms with E-state index < -0.39 is 34.9 Å². The maximum absolute atomic E-state index is 14.1. The van der Waals surface area contributed by atoms with Crippen LogP contribution in [-0.2, 0) is 5.60 Å². The number of nitrogens with one attached hydrogen (secondary N) is 2. The van der Waals surface area contributed by atoms with Crippen LogP contribution in [0.2, 0.25) is 0 Å². The molecular formula is C22H17F4N5O3S. The van der Waals surface area contributed by atoms with Gasteiger partial charge in [0.15, 0.2) is 5.13 Å². The minimum atomic E-state index is -5.14. The molecule has 8 nitrogen and oxygen atoms in total. The molecule has 182 valence electrons.